The van der Waals surface area contributed by atoms with Gasteiger partial charge < -0.3 is 0 Å². The number of halogens is 4. The third-order valence-corrected chi connectivity index (χ3v) is 6.06. The van der Waals surface area contributed by atoms with Crippen molar-refractivity contribution in [3.8, 4) is 24.3 Å². The van der Waals surface area contributed by atoms with Gasteiger partial charge in [0, 0.05) is 23.1 Å². The van der Waals surface area contributed by atoms with Gasteiger partial charge in [-0.1, -0.05) is 12.5 Å². The maximum Gasteiger partial charge on any atom is 0.161 e. The third kappa shape index (κ3) is 4.08. The molecule has 1 unspecified atom stereocenters. The number of nitrogens with zero attached hydrogens (tertiary/aromatic N) is 4. The number of rotatable bonds is 2. The molecule has 4 nitrogen and oxygen atoms in total. The van der Waals surface area contributed by atoms with E-state index in [1.54, 1.807) is 12.1 Å². The zero-order valence-corrected chi connectivity index (χ0v) is 18.7. The molecule has 0 N–H and O–H groups in total. The van der Waals surface area contributed by atoms with Crippen LogP contribution in [-0.2, 0) is 0 Å². The molecule has 0 spiro atoms. The summed E-state index contributed by atoms with van der Waals surface area (Å²) in [4.78, 5) is 0. The Balaban J connectivity index is 0.00000167. The zero-order chi connectivity index (χ0) is 25.9. The van der Waals surface area contributed by atoms with Crippen LogP contribution in [0.1, 0.15) is 53.5 Å². The highest BCUT2D eigenvalue weighted by molar-refractivity contribution is 6.08. The smallest absolute Gasteiger partial charge is 0.161 e. The second-order valence-corrected chi connectivity index (χ2v) is 7.66. The minimum atomic E-state index is -1.38. The van der Waals surface area contributed by atoms with Gasteiger partial charge in [-0.15, -0.1) is 0 Å². The normalized spacial score (nSPS) is 16.9. The molecular weight excluding hydrogens is 456 g/mol. The Morgan fingerprint density at radius 2 is 1.51 bits per heavy atom. The molecule has 2 aliphatic carbocycles. The third-order valence-electron chi connectivity index (χ3n) is 6.06. The summed E-state index contributed by atoms with van der Waals surface area (Å²) in [6, 6.07) is 12.0. The molecule has 8 heteroatoms. The van der Waals surface area contributed by atoms with Gasteiger partial charge >= 0.3 is 0 Å². The maximum atomic E-state index is 14.7. The van der Waals surface area contributed by atoms with Gasteiger partial charge in [0.25, 0.3) is 0 Å². The van der Waals surface area contributed by atoms with E-state index in [4.69, 9.17) is 0 Å². The molecule has 4 rings (SSSR count). The Morgan fingerprint density at radius 3 is 2.09 bits per heavy atom. The molecule has 0 aliphatic heterocycles. The van der Waals surface area contributed by atoms with Gasteiger partial charge in [-0.25, -0.2) is 13.2 Å². The number of hydrogen-bond donors (Lipinski definition) is 0. The van der Waals surface area contributed by atoms with Crippen molar-refractivity contribution in [3.63, 3.8) is 0 Å². The molecule has 0 saturated carbocycles. The van der Waals surface area contributed by atoms with Crippen molar-refractivity contribution in [2.24, 2.45) is 0 Å². The second kappa shape index (κ2) is 10.1. The van der Waals surface area contributed by atoms with Crippen molar-refractivity contribution in [2.75, 3.05) is 7.18 Å². The topological polar surface area (TPSA) is 95.2 Å². The number of fused-ring (bicyclic) bond motifs is 3. The molecule has 0 radical (unpaired) electrons. The molecule has 35 heavy (non-hydrogen) atoms. The quantitative estimate of drug-likeness (QED) is 0.282. The Kier molecular flexibility index (Phi) is 7.20. The molecule has 0 saturated heterocycles. The van der Waals surface area contributed by atoms with Gasteiger partial charge in [0.05, 0.1) is 35.5 Å². The standard InChI is InChI=1S/C26H13F3N4.CH3F/c1-2-13-3-17-18-4-15(10-31)16(11-32)6-21(18)26(20(17)5-14(13)9-30)22(12-33)19-7-24(28)25(29)8-23(19)27;1-2/h4-8,17H,2-3H2,1H3;1H3/b26-22+;. The summed E-state index contributed by atoms with van der Waals surface area (Å²) in [5.41, 5.74) is 2.73. The number of alkyl halides is 1. The number of hydrogen-bond acceptors (Lipinski definition) is 4. The van der Waals surface area contributed by atoms with Gasteiger partial charge in [-0.2, -0.15) is 21.0 Å². The van der Waals surface area contributed by atoms with E-state index >= 15 is 0 Å². The van der Waals surface area contributed by atoms with Crippen molar-refractivity contribution >= 4 is 11.1 Å². The van der Waals surface area contributed by atoms with Gasteiger partial charge in [0.2, 0.25) is 0 Å². The Hall–Kier alpha value is -4.66. The summed E-state index contributed by atoms with van der Waals surface area (Å²) in [5, 5.41) is 38.6. The fraction of sp³-hybridized carbons (Fsp3) is 0.185. The van der Waals surface area contributed by atoms with Crippen LogP contribution in [0.2, 0.25) is 0 Å². The van der Waals surface area contributed by atoms with E-state index in [9.17, 15) is 38.6 Å². The lowest BCUT2D eigenvalue weighted by Crippen LogP contribution is -2.06. The van der Waals surface area contributed by atoms with E-state index in [1.165, 1.54) is 6.07 Å². The van der Waals surface area contributed by atoms with Crippen molar-refractivity contribution in [1.82, 2.24) is 0 Å². The highest BCUT2D eigenvalue weighted by Crippen LogP contribution is 2.54. The summed E-state index contributed by atoms with van der Waals surface area (Å²) < 4.78 is 51.7. The van der Waals surface area contributed by atoms with Crippen LogP contribution in [0.3, 0.4) is 0 Å². The largest absolute Gasteiger partial charge is 0.255 e. The minimum Gasteiger partial charge on any atom is -0.255 e. The summed E-state index contributed by atoms with van der Waals surface area (Å²) in [5.74, 6) is -4.14. The highest BCUT2D eigenvalue weighted by Gasteiger charge is 2.38. The van der Waals surface area contributed by atoms with E-state index in [-0.39, 0.29) is 28.2 Å². The van der Waals surface area contributed by atoms with Crippen LogP contribution < -0.4 is 0 Å². The van der Waals surface area contributed by atoms with Crippen LogP contribution in [0.15, 0.2) is 47.1 Å². The molecule has 0 aromatic heterocycles. The van der Waals surface area contributed by atoms with Crippen molar-refractivity contribution in [1.29, 1.82) is 21.0 Å². The van der Waals surface area contributed by atoms with E-state index < -0.39 is 23.0 Å². The summed E-state index contributed by atoms with van der Waals surface area (Å²) in [6.45, 7) is 1.91. The molecule has 0 fully saturated rings. The predicted octanol–water partition coefficient (Wildman–Crippen LogP) is 6.52. The monoisotopic (exact) mass is 472 g/mol. The molecule has 0 amide bonds. The van der Waals surface area contributed by atoms with Crippen LogP contribution in [0.25, 0.3) is 11.1 Å². The van der Waals surface area contributed by atoms with Crippen molar-refractivity contribution in [3.05, 3.63) is 92.3 Å². The molecule has 2 aliphatic rings. The lowest BCUT2D eigenvalue weighted by atomic mass is 9.80. The summed E-state index contributed by atoms with van der Waals surface area (Å²) in [7, 11) is 0.500. The van der Waals surface area contributed by atoms with Gasteiger partial charge in [0.15, 0.2) is 11.6 Å². The van der Waals surface area contributed by atoms with Crippen LogP contribution >= 0.6 is 0 Å². The second-order valence-electron chi connectivity index (χ2n) is 7.66. The SMILES string of the molecule is CCC1=C(C#N)C=C2/C(=C(/C#N)c3cc(F)c(F)cc3F)c3cc(C#N)c(C#N)cc3C2C1.CF. The van der Waals surface area contributed by atoms with Crippen LogP contribution in [0.5, 0.6) is 0 Å². The van der Waals surface area contributed by atoms with Crippen LogP contribution in [0, 0.1) is 62.8 Å². The maximum absolute atomic E-state index is 14.7. The van der Waals surface area contributed by atoms with Crippen LogP contribution in [0.4, 0.5) is 17.6 Å². The molecule has 0 heterocycles. The first kappa shape index (κ1) is 25.0. The molecule has 1 atom stereocenters. The lowest BCUT2D eigenvalue weighted by Gasteiger charge is -2.22. The Labute approximate surface area is 199 Å². The molecule has 0 bridgehead atoms. The van der Waals surface area contributed by atoms with E-state index in [2.05, 4.69) is 6.07 Å². The average Bonchev–Trinajstić information content (AvgIpc) is 3.18. The first-order valence-corrected chi connectivity index (χ1v) is 10.4. The highest BCUT2D eigenvalue weighted by atomic mass is 19.2. The van der Waals surface area contributed by atoms with Gasteiger partial charge in [-0.05, 0) is 53.8 Å². The average molecular weight is 472 g/mol. The lowest BCUT2D eigenvalue weighted by molar-refractivity contribution is 0.494. The fourth-order valence-electron chi connectivity index (χ4n) is 4.50. The fourth-order valence-corrected chi connectivity index (χ4v) is 4.50. The molecular formula is C27H16F4N4. The van der Waals surface area contributed by atoms with Crippen LogP contribution in [-0.4, -0.2) is 7.18 Å². The first-order valence-electron chi connectivity index (χ1n) is 10.4. The van der Waals surface area contributed by atoms with Crippen molar-refractivity contribution < 1.29 is 17.6 Å². The Morgan fingerprint density at radius 1 is 0.886 bits per heavy atom. The number of nitriles is 4. The zero-order valence-electron chi connectivity index (χ0n) is 18.7. The summed E-state index contributed by atoms with van der Waals surface area (Å²) in [6.07, 6.45) is 2.68. The van der Waals surface area contributed by atoms with Gasteiger partial charge in [-0.3, -0.25) is 4.39 Å². The molecule has 172 valence electrons. The number of benzene rings is 2. The van der Waals surface area contributed by atoms with E-state index in [0.29, 0.717) is 54.4 Å². The van der Waals surface area contributed by atoms with Gasteiger partial charge in [0.1, 0.15) is 24.0 Å². The van der Waals surface area contributed by atoms with Crippen molar-refractivity contribution in [2.45, 2.75) is 25.7 Å². The molecule has 2 aromatic rings. The van der Waals surface area contributed by atoms with E-state index in [1.807, 2.05) is 25.1 Å². The predicted molar refractivity (Wildman–Crippen MR) is 120 cm³/mol. The minimum absolute atomic E-state index is 0.0697. The molecule has 2 aromatic carbocycles. The summed E-state index contributed by atoms with van der Waals surface area (Å²) >= 11 is 0. The number of allylic oxidation sites excluding steroid dienone is 6. The Bertz CT molecular complexity index is 1500. The van der Waals surface area contributed by atoms with E-state index in [0.717, 1.165) is 5.57 Å². The first-order chi connectivity index (χ1) is 16.9.